The van der Waals surface area contributed by atoms with Crippen molar-refractivity contribution in [3.63, 3.8) is 0 Å². The van der Waals surface area contributed by atoms with E-state index in [2.05, 4.69) is 24.0 Å². The maximum atomic E-state index is 13.2. The zero-order valence-electron chi connectivity index (χ0n) is 19.0. The van der Waals surface area contributed by atoms with Crippen LogP contribution in [0, 0.1) is 12.8 Å². The van der Waals surface area contributed by atoms with E-state index >= 15 is 0 Å². The van der Waals surface area contributed by atoms with Gasteiger partial charge in [0, 0.05) is 29.6 Å². The molecule has 0 aliphatic carbocycles. The Morgan fingerprint density at radius 2 is 1.82 bits per heavy atom. The summed E-state index contributed by atoms with van der Waals surface area (Å²) in [5.41, 5.74) is 3.45. The number of aryl methyl sites for hydroxylation is 2. The molecule has 0 saturated carbocycles. The summed E-state index contributed by atoms with van der Waals surface area (Å²) >= 11 is 0. The average molecular weight is 466 g/mol. The molecule has 1 saturated heterocycles. The molecule has 0 atom stereocenters. The standard InChI is InChI=1S/C25H27N3O4S/c1-4-18-5-7-19(8-6-18)24-26-25(32-27-24)23-17(3)21-15-20(9-10-22(21)31-23)33(29,30)28-13-11-16(2)12-14-28/h5-10,15-16H,4,11-14H2,1-3H3. The fourth-order valence-corrected chi connectivity index (χ4v) is 5.76. The van der Waals surface area contributed by atoms with Crippen LogP contribution in [0.2, 0.25) is 0 Å². The second-order valence-corrected chi connectivity index (χ2v) is 10.7. The van der Waals surface area contributed by atoms with Crippen molar-refractivity contribution in [3.05, 3.63) is 53.6 Å². The first kappa shape index (κ1) is 21.9. The molecular weight excluding hydrogens is 438 g/mol. The highest BCUT2D eigenvalue weighted by molar-refractivity contribution is 7.89. The van der Waals surface area contributed by atoms with E-state index in [1.54, 1.807) is 22.5 Å². The van der Waals surface area contributed by atoms with Gasteiger partial charge in [0.2, 0.25) is 15.8 Å². The molecule has 8 heteroatoms. The molecule has 0 amide bonds. The van der Waals surface area contributed by atoms with Crippen molar-refractivity contribution < 1.29 is 17.4 Å². The molecule has 3 heterocycles. The van der Waals surface area contributed by atoms with Crippen LogP contribution in [-0.2, 0) is 16.4 Å². The highest BCUT2D eigenvalue weighted by Crippen LogP contribution is 2.35. The predicted molar refractivity (Wildman–Crippen MR) is 126 cm³/mol. The zero-order chi connectivity index (χ0) is 23.2. The zero-order valence-corrected chi connectivity index (χ0v) is 19.9. The molecule has 0 bridgehead atoms. The van der Waals surface area contributed by atoms with Crippen LogP contribution in [0.15, 0.2) is 56.3 Å². The average Bonchev–Trinajstić information content (AvgIpc) is 3.44. The third-order valence-corrected chi connectivity index (χ3v) is 8.42. The number of fused-ring (bicyclic) bond motifs is 1. The Labute approximate surface area is 193 Å². The maximum absolute atomic E-state index is 13.2. The van der Waals surface area contributed by atoms with E-state index in [9.17, 15) is 8.42 Å². The molecule has 0 N–H and O–H groups in total. The molecular formula is C25H27N3O4S. The molecule has 1 aliphatic heterocycles. The lowest BCUT2D eigenvalue weighted by molar-refractivity contribution is 0.288. The van der Waals surface area contributed by atoms with E-state index in [1.807, 2.05) is 31.2 Å². The fourth-order valence-electron chi connectivity index (χ4n) is 4.26. The van der Waals surface area contributed by atoms with Gasteiger partial charge in [0.15, 0.2) is 5.76 Å². The number of rotatable bonds is 5. The van der Waals surface area contributed by atoms with Crippen LogP contribution in [0.1, 0.15) is 37.8 Å². The second kappa shape index (κ2) is 8.43. The van der Waals surface area contributed by atoms with Crippen molar-refractivity contribution in [2.45, 2.75) is 44.9 Å². The SMILES string of the molecule is CCc1ccc(-c2noc(-c3oc4ccc(S(=O)(=O)N5CCC(C)CC5)cc4c3C)n2)cc1. The van der Waals surface area contributed by atoms with Gasteiger partial charge in [-0.25, -0.2) is 8.42 Å². The normalized spacial score (nSPS) is 16.0. The van der Waals surface area contributed by atoms with Gasteiger partial charge in [-0.05, 0) is 55.9 Å². The van der Waals surface area contributed by atoms with Gasteiger partial charge >= 0.3 is 0 Å². The van der Waals surface area contributed by atoms with Gasteiger partial charge < -0.3 is 8.94 Å². The molecule has 172 valence electrons. The van der Waals surface area contributed by atoms with Crippen LogP contribution in [-0.4, -0.2) is 36.0 Å². The van der Waals surface area contributed by atoms with Gasteiger partial charge in [0.05, 0.1) is 4.90 Å². The molecule has 33 heavy (non-hydrogen) atoms. The van der Waals surface area contributed by atoms with Gasteiger partial charge in [-0.2, -0.15) is 9.29 Å². The van der Waals surface area contributed by atoms with Crippen LogP contribution in [0.25, 0.3) is 34.0 Å². The number of piperidine rings is 1. The molecule has 5 rings (SSSR count). The molecule has 1 aliphatic rings. The summed E-state index contributed by atoms with van der Waals surface area (Å²) in [6.07, 6.45) is 2.73. The first-order valence-corrected chi connectivity index (χ1v) is 12.8. The van der Waals surface area contributed by atoms with E-state index in [-0.39, 0.29) is 10.8 Å². The molecule has 0 unspecified atom stereocenters. The van der Waals surface area contributed by atoms with Crippen LogP contribution >= 0.6 is 0 Å². The van der Waals surface area contributed by atoms with Gasteiger partial charge in [-0.15, -0.1) is 0 Å². The van der Waals surface area contributed by atoms with Crippen molar-refractivity contribution in [1.29, 1.82) is 0 Å². The van der Waals surface area contributed by atoms with Crippen LogP contribution < -0.4 is 0 Å². The molecule has 2 aromatic heterocycles. The lowest BCUT2D eigenvalue weighted by Crippen LogP contribution is -2.37. The number of furan rings is 1. The van der Waals surface area contributed by atoms with Crippen molar-refractivity contribution >= 4 is 21.0 Å². The van der Waals surface area contributed by atoms with E-state index < -0.39 is 10.0 Å². The minimum Gasteiger partial charge on any atom is -0.451 e. The Kier molecular flexibility index (Phi) is 5.58. The number of benzene rings is 2. The maximum Gasteiger partial charge on any atom is 0.294 e. The lowest BCUT2D eigenvalue weighted by atomic mass is 10.0. The van der Waals surface area contributed by atoms with E-state index in [1.165, 1.54) is 5.56 Å². The summed E-state index contributed by atoms with van der Waals surface area (Å²) in [4.78, 5) is 4.80. The quantitative estimate of drug-likeness (QED) is 0.390. The smallest absolute Gasteiger partial charge is 0.294 e. The van der Waals surface area contributed by atoms with E-state index in [0.717, 1.165) is 35.8 Å². The Morgan fingerprint density at radius 1 is 1.09 bits per heavy atom. The summed E-state index contributed by atoms with van der Waals surface area (Å²) in [6.45, 7) is 7.26. The molecule has 0 spiro atoms. The lowest BCUT2D eigenvalue weighted by Gasteiger charge is -2.29. The monoisotopic (exact) mass is 465 g/mol. The topological polar surface area (TPSA) is 89.4 Å². The Hall–Kier alpha value is -2.97. The molecule has 0 radical (unpaired) electrons. The first-order valence-electron chi connectivity index (χ1n) is 11.3. The second-order valence-electron chi connectivity index (χ2n) is 8.77. The summed E-state index contributed by atoms with van der Waals surface area (Å²) in [5.74, 6) is 1.76. The Morgan fingerprint density at radius 3 is 2.52 bits per heavy atom. The van der Waals surface area contributed by atoms with Crippen LogP contribution in [0.3, 0.4) is 0 Å². The largest absolute Gasteiger partial charge is 0.451 e. The number of hydrogen-bond donors (Lipinski definition) is 0. The minimum absolute atomic E-state index is 0.271. The van der Waals surface area contributed by atoms with Gasteiger partial charge in [0.25, 0.3) is 5.89 Å². The van der Waals surface area contributed by atoms with Crippen LogP contribution in [0.4, 0.5) is 0 Å². The third kappa shape index (κ3) is 3.98. The highest BCUT2D eigenvalue weighted by Gasteiger charge is 2.29. The Bertz CT molecular complexity index is 1400. The van der Waals surface area contributed by atoms with Gasteiger partial charge in [-0.3, -0.25) is 0 Å². The Balaban J connectivity index is 1.47. The number of hydrogen-bond acceptors (Lipinski definition) is 6. The molecule has 1 fully saturated rings. The summed E-state index contributed by atoms with van der Waals surface area (Å²) in [6, 6.07) is 13.0. The third-order valence-electron chi connectivity index (χ3n) is 6.53. The summed E-state index contributed by atoms with van der Waals surface area (Å²) in [5, 5.41) is 4.83. The van der Waals surface area contributed by atoms with Crippen molar-refractivity contribution in [1.82, 2.24) is 14.4 Å². The number of sulfonamides is 1. The van der Waals surface area contributed by atoms with E-state index in [4.69, 9.17) is 8.94 Å². The summed E-state index contributed by atoms with van der Waals surface area (Å²) in [7, 11) is -3.55. The minimum atomic E-state index is -3.55. The first-order chi connectivity index (χ1) is 15.9. The van der Waals surface area contributed by atoms with Crippen molar-refractivity contribution in [2.24, 2.45) is 5.92 Å². The van der Waals surface area contributed by atoms with E-state index in [0.29, 0.717) is 36.2 Å². The number of aromatic nitrogens is 2. The van der Waals surface area contributed by atoms with Gasteiger partial charge in [-0.1, -0.05) is 43.3 Å². The summed E-state index contributed by atoms with van der Waals surface area (Å²) < 4.78 is 39.4. The van der Waals surface area contributed by atoms with Gasteiger partial charge in [0.1, 0.15) is 5.58 Å². The predicted octanol–water partition coefficient (Wildman–Crippen LogP) is 5.44. The molecule has 2 aromatic carbocycles. The molecule has 4 aromatic rings. The fraction of sp³-hybridized carbons (Fsp3) is 0.360. The van der Waals surface area contributed by atoms with Crippen molar-refractivity contribution in [3.8, 4) is 23.0 Å². The van der Waals surface area contributed by atoms with Crippen molar-refractivity contribution in [2.75, 3.05) is 13.1 Å². The van der Waals surface area contributed by atoms with Crippen LogP contribution in [0.5, 0.6) is 0 Å². The number of nitrogens with zero attached hydrogens (tertiary/aromatic N) is 3. The highest BCUT2D eigenvalue weighted by atomic mass is 32.2. The molecule has 7 nitrogen and oxygen atoms in total.